The number of alkyl halides is 2. The van der Waals surface area contributed by atoms with E-state index in [1.165, 1.54) is 12.1 Å². The van der Waals surface area contributed by atoms with E-state index >= 15 is 0 Å². The maximum absolute atomic E-state index is 12.7. The van der Waals surface area contributed by atoms with Gasteiger partial charge < -0.3 is 19.9 Å². The van der Waals surface area contributed by atoms with Crippen LogP contribution in [-0.4, -0.2) is 67.5 Å². The zero-order valence-corrected chi connectivity index (χ0v) is 14.5. The van der Waals surface area contributed by atoms with Crippen molar-refractivity contribution in [3.63, 3.8) is 0 Å². The van der Waals surface area contributed by atoms with Gasteiger partial charge in [0.25, 0.3) is 5.91 Å². The Bertz CT molecular complexity index is 642. The van der Waals surface area contributed by atoms with E-state index in [0.29, 0.717) is 32.7 Å². The number of amides is 2. The maximum atomic E-state index is 12.7. The Morgan fingerprint density at radius 3 is 2.46 bits per heavy atom. The number of benzene rings is 1. The van der Waals surface area contributed by atoms with Crippen LogP contribution < -0.4 is 10.1 Å². The molecule has 2 amide bonds. The van der Waals surface area contributed by atoms with Crippen LogP contribution in [0.25, 0.3) is 0 Å². The molecule has 2 aliphatic rings. The van der Waals surface area contributed by atoms with E-state index in [1.54, 1.807) is 21.9 Å². The number of ether oxygens (including phenoxy) is 1. The fourth-order valence-corrected chi connectivity index (χ4v) is 3.46. The lowest BCUT2D eigenvalue weighted by Crippen LogP contribution is -2.53. The highest BCUT2D eigenvalue weighted by Gasteiger charge is 2.30. The molecule has 8 heteroatoms. The number of hydrogen-bond donors (Lipinski definition) is 1. The van der Waals surface area contributed by atoms with E-state index in [-0.39, 0.29) is 29.0 Å². The first kappa shape index (κ1) is 18.6. The fraction of sp³-hybridized carbons (Fsp3) is 0.556. The quantitative estimate of drug-likeness (QED) is 0.878. The molecule has 2 heterocycles. The number of rotatable bonds is 4. The highest BCUT2D eigenvalue weighted by Crippen LogP contribution is 2.23. The number of nitrogens with zero attached hydrogens (tertiary/aromatic N) is 2. The molecule has 6 nitrogen and oxygen atoms in total. The lowest BCUT2D eigenvalue weighted by atomic mass is 9.98. The number of carbonyl (C=O) groups is 2. The largest absolute Gasteiger partial charge is 0.434 e. The van der Waals surface area contributed by atoms with Gasteiger partial charge in [-0.15, -0.1) is 0 Å². The average molecular weight is 367 g/mol. The first-order valence-electron chi connectivity index (χ1n) is 8.89. The number of piperidine rings is 1. The minimum absolute atomic E-state index is 0.00571. The van der Waals surface area contributed by atoms with Crippen molar-refractivity contribution < 1.29 is 23.1 Å². The molecule has 2 fully saturated rings. The number of hydrogen-bond acceptors (Lipinski definition) is 4. The fourth-order valence-electron chi connectivity index (χ4n) is 3.46. The molecule has 0 saturated carbocycles. The van der Waals surface area contributed by atoms with E-state index in [0.717, 1.165) is 19.4 Å². The van der Waals surface area contributed by atoms with Crippen molar-refractivity contribution >= 4 is 11.8 Å². The first-order valence-corrected chi connectivity index (χ1v) is 8.89. The van der Waals surface area contributed by atoms with Gasteiger partial charge in [-0.3, -0.25) is 9.59 Å². The van der Waals surface area contributed by atoms with Gasteiger partial charge in [0.1, 0.15) is 5.75 Å². The molecule has 0 spiro atoms. The molecule has 0 bridgehead atoms. The van der Waals surface area contributed by atoms with Gasteiger partial charge in [0, 0.05) is 32.7 Å². The van der Waals surface area contributed by atoms with Crippen LogP contribution in [0.4, 0.5) is 8.78 Å². The SMILES string of the molecule is O=C(c1ccccc1OC(F)F)N1CCN(C(=O)C2CCCNC2)CC1. The molecule has 0 aromatic heterocycles. The standard InChI is InChI=1S/C18H23F2N3O3/c19-18(20)26-15-6-2-1-5-14(15)17(25)23-10-8-22(9-11-23)16(24)13-4-3-7-21-12-13/h1-2,5-6,13,18,21H,3-4,7-12H2. The third-order valence-corrected chi connectivity index (χ3v) is 4.86. The Morgan fingerprint density at radius 1 is 1.12 bits per heavy atom. The highest BCUT2D eigenvalue weighted by atomic mass is 19.3. The van der Waals surface area contributed by atoms with Crippen molar-refractivity contribution in [3.05, 3.63) is 29.8 Å². The van der Waals surface area contributed by atoms with Gasteiger partial charge in [-0.25, -0.2) is 0 Å². The van der Waals surface area contributed by atoms with Crippen LogP contribution in [0.15, 0.2) is 24.3 Å². The molecular weight excluding hydrogens is 344 g/mol. The molecule has 2 aliphatic heterocycles. The molecule has 26 heavy (non-hydrogen) atoms. The third-order valence-electron chi connectivity index (χ3n) is 4.86. The van der Waals surface area contributed by atoms with Gasteiger partial charge in [-0.1, -0.05) is 12.1 Å². The van der Waals surface area contributed by atoms with E-state index in [9.17, 15) is 18.4 Å². The summed E-state index contributed by atoms with van der Waals surface area (Å²) in [4.78, 5) is 28.6. The van der Waals surface area contributed by atoms with Gasteiger partial charge in [-0.05, 0) is 31.5 Å². The minimum Gasteiger partial charge on any atom is -0.434 e. The summed E-state index contributed by atoms with van der Waals surface area (Å²) in [6.07, 6.45) is 1.89. The van der Waals surface area contributed by atoms with Crippen LogP contribution >= 0.6 is 0 Å². The lowest BCUT2D eigenvalue weighted by molar-refractivity contribution is -0.137. The maximum Gasteiger partial charge on any atom is 0.387 e. The second kappa shape index (κ2) is 8.44. The molecule has 1 aromatic carbocycles. The Hall–Kier alpha value is -2.22. The van der Waals surface area contributed by atoms with Gasteiger partial charge >= 0.3 is 6.61 Å². The molecule has 1 unspecified atom stereocenters. The summed E-state index contributed by atoms with van der Waals surface area (Å²) < 4.78 is 29.5. The number of para-hydroxylation sites is 1. The zero-order valence-electron chi connectivity index (χ0n) is 14.5. The van der Waals surface area contributed by atoms with E-state index in [1.807, 2.05) is 0 Å². The zero-order chi connectivity index (χ0) is 18.5. The number of nitrogens with one attached hydrogen (secondary N) is 1. The van der Waals surface area contributed by atoms with Crippen LogP contribution in [-0.2, 0) is 4.79 Å². The summed E-state index contributed by atoms with van der Waals surface area (Å²) in [6.45, 7) is 0.351. The van der Waals surface area contributed by atoms with Crippen LogP contribution in [0.3, 0.4) is 0 Å². The van der Waals surface area contributed by atoms with Crippen LogP contribution in [0.1, 0.15) is 23.2 Å². The monoisotopic (exact) mass is 367 g/mol. The molecule has 0 radical (unpaired) electrons. The van der Waals surface area contributed by atoms with Gasteiger partial charge in [0.2, 0.25) is 5.91 Å². The smallest absolute Gasteiger partial charge is 0.387 e. The molecule has 1 N–H and O–H groups in total. The third kappa shape index (κ3) is 4.30. The Kier molecular flexibility index (Phi) is 6.03. The van der Waals surface area contributed by atoms with Crippen LogP contribution in [0.2, 0.25) is 0 Å². The van der Waals surface area contributed by atoms with Crippen molar-refractivity contribution in [2.45, 2.75) is 19.5 Å². The summed E-state index contributed by atoms with van der Waals surface area (Å²) in [5.41, 5.74) is 0.115. The Labute approximate surface area is 151 Å². The molecule has 3 rings (SSSR count). The van der Waals surface area contributed by atoms with E-state index in [4.69, 9.17) is 0 Å². The topological polar surface area (TPSA) is 61.9 Å². The molecule has 142 valence electrons. The Morgan fingerprint density at radius 2 is 1.81 bits per heavy atom. The van der Waals surface area contributed by atoms with Crippen LogP contribution in [0, 0.1) is 5.92 Å². The summed E-state index contributed by atoms with van der Waals surface area (Å²) >= 11 is 0. The van der Waals surface area contributed by atoms with Gasteiger partial charge in [0.15, 0.2) is 0 Å². The Balaban J connectivity index is 1.59. The summed E-state index contributed by atoms with van der Waals surface area (Å²) in [5.74, 6) is -0.344. The predicted octanol–water partition coefficient (Wildman–Crippen LogP) is 1.57. The van der Waals surface area contributed by atoms with Crippen molar-refractivity contribution in [3.8, 4) is 5.75 Å². The predicted molar refractivity (Wildman–Crippen MR) is 91.2 cm³/mol. The molecule has 1 atom stereocenters. The molecule has 2 saturated heterocycles. The average Bonchev–Trinajstić information content (AvgIpc) is 2.68. The van der Waals surface area contributed by atoms with E-state index in [2.05, 4.69) is 10.1 Å². The highest BCUT2D eigenvalue weighted by molar-refractivity contribution is 5.97. The van der Waals surface area contributed by atoms with E-state index < -0.39 is 6.61 Å². The van der Waals surface area contributed by atoms with Crippen LogP contribution in [0.5, 0.6) is 5.75 Å². The summed E-state index contributed by atoms with van der Waals surface area (Å²) in [7, 11) is 0. The first-order chi connectivity index (χ1) is 12.6. The summed E-state index contributed by atoms with van der Waals surface area (Å²) in [5, 5.41) is 3.24. The molecule has 1 aromatic rings. The van der Waals surface area contributed by atoms with Crippen molar-refractivity contribution in [2.75, 3.05) is 39.3 Å². The second-order valence-electron chi connectivity index (χ2n) is 6.54. The number of piperazine rings is 1. The summed E-state index contributed by atoms with van der Waals surface area (Å²) in [6, 6.07) is 5.99. The van der Waals surface area contributed by atoms with Gasteiger partial charge in [0.05, 0.1) is 11.5 Å². The van der Waals surface area contributed by atoms with Crippen molar-refractivity contribution in [1.82, 2.24) is 15.1 Å². The van der Waals surface area contributed by atoms with Crippen molar-refractivity contribution in [1.29, 1.82) is 0 Å². The lowest BCUT2D eigenvalue weighted by Gasteiger charge is -2.37. The second-order valence-corrected chi connectivity index (χ2v) is 6.54. The number of halogens is 2. The van der Waals surface area contributed by atoms with Crippen molar-refractivity contribution in [2.24, 2.45) is 5.92 Å². The molecular formula is C18H23F2N3O3. The van der Waals surface area contributed by atoms with Gasteiger partial charge in [-0.2, -0.15) is 8.78 Å². The number of carbonyl (C=O) groups excluding carboxylic acids is 2. The normalized spacial score (nSPS) is 21.0. The minimum atomic E-state index is -2.98. The molecule has 0 aliphatic carbocycles.